The molecule has 7 nitrogen and oxygen atoms in total. The van der Waals surface area contributed by atoms with Crippen LogP contribution >= 0.6 is 23.2 Å². The normalized spacial score (nSPS) is 23.2. The van der Waals surface area contributed by atoms with Gasteiger partial charge in [-0.25, -0.2) is 8.42 Å². The second-order valence-electron chi connectivity index (χ2n) is 11.3. The molecule has 1 aliphatic carbocycles. The molecule has 1 aliphatic heterocycles. The SMILES string of the molecule is CC(C)(C)S(=O)(=O)CC(C1CC1)N1C(=O)C(Cc2ccno2)OC(c2cccc(Cl)c2)C1c1ccc(Cl)cc1. The van der Waals surface area contributed by atoms with E-state index in [-0.39, 0.29) is 24.0 Å². The van der Waals surface area contributed by atoms with Crippen molar-refractivity contribution in [1.29, 1.82) is 0 Å². The van der Waals surface area contributed by atoms with E-state index >= 15 is 0 Å². The number of amides is 1. The largest absolute Gasteiger partial charge is 0.361 e. The van der Waals surface area contributed by atoms with Crippen molar-refractivity contribution in [2.75, 3.05) is 5.75 Å². The van der Waals surface area contributed by atoms with Crippen LogP contribution in [-0.4, -0.2) is 47.0 Å². The van der Waals surface area contributed by atoms with E-state index in [0.717, 1.165) is 24.0 Å². The van der Waals surface area contributed by atoms with Crippen LogP contribution in [0.25, 0.3) is 0 Å². The summed E-state index contributed by atoms with van der Waals surface area (Å²) in [4.78, 5) is 16.1. The molecule has 0 bridgehead atoms. The summed E-state index contributed by atoms with van der Waals surface area (Å²) < 4.78 is 38.0. The fourth-order valence-corrected chi connectivity index (χ4v) is 6.84. The summed E-state index contributed by atoms with van der Waals surface area (Å²) in [6.07, 6.45) is 1.89. The summed E-state index contributed by atoms with van der Waals surface area (Å²) in [7, 11) is -3.55. The van der Waals surface area contributed by atoms with E-state index in [4.69, 9.17) is 32.5 Å². The highest BCUT2D eigenvalue weighted by Gasteiger charge is 2.52. The van der Waals surface area contributed by atoms with Gasteiger partial charge in [0, 0.05) is 28.6 Å². The van der Waals surface area contributed by atoms with Crippen molar-refractivity contribution >= 4 is 38.9 Å². The lowest BCUT2D eigenvalue weighted by Gasteiger charge is -2.48. The van der Waals surface area contributed by atoms with Gasteiger partial charge in [0.25, 0.3) is 5.91 Å². The minimum absolute atomic E-state index is 0.0740. The van der Waals surface area contributed by atoms with Crippen molar-refractivity contribution in [1.82, 2.24) is 10.1 Å². The summed E-state index contributed by atoms with van der Waals surface area (Å²) in [5.41, 5.74) is 1.59. The first-order chi connectivity index (χ1) is 18.4. The predicted octanol–water partition coefficient (Wildman–Crippen LogP) is 6.23. The van der Waals surface area contributed by atoms with E-state index in [1.165, 1.54) is 6.20 Å². The minimum atomic E-state index is -3.55. The Balaban J connectivity index is 1.66. The van der Waals surface area contributed by atoms with E-state index in [1.807, 2.05) is 30.3 Å². The number of halogens is 2. The third-order valence-electron chi connectivity index (χ3n) is 7.54. The molecule has 5 rings (SSSR count). The number of hydrogen-bond donors (Lipinski definition) is 0. The minimum Gasteiger partial charge on any atom is -0.361 e. The highest BCUT2D eigenvalue weighted by atomic mass is 35.5. The van der Waals surface area contributed by atoms with Crippen molar-refractivity contribution in [3.8, 4) is 0 Å². The number of carbonyl (C=O) groups excluding carboxylic acids is 1. The van der Waals surface area contributed by atoms with Crippen LogP contribution in [0.4, 0.5) is 0 Å². The van der Waals surface area contributed by atoms with Crippen LogP contribution in [-0.2, 0) is 25.8 Å². The lowest BCUT2D eigenvalue weighted by Crippen LogP contribution is -2.58. The molecule has 2 heterocycles. The van der Waals surface area contributed by atoms with Crippen molar-refractivity contribution in [3.05, 3.63) is 87.7 Å². The molecule has 10 heteroatoms. The zero-order chi connectivity index (χ0) is 27.9. The third-order valence-corrected chi connectivity index (χ3v) is 10.7. The van der Waals surface area contributed by atoms with E-state index in [1.54, 1.807) is 49.9 Å². The van der Waals surface area contributed by atoms with Gasteiger partial charge in [-0.1, -0.05) is 52.6 Å². The summed E-state index contributed by atoms with van der Waals surface area (Å²) in [6.45, 7) is 5.10. The molecule has 3 aromatic rings. The second kappa shape index (κ2) is 10.9. The summed E-state index contributed by atoms with van der Waals surface area (Å²) in [5.74, 6) is 0.179. The number of morpholine rings is 1. The Morgan fingerprint density at radius 1 is 1.03 bits per heavy atom. The molecule has 1 saturated heterocycles. The molecular formula is C29H32Cl2N2O5S. The van der Waals surface area contributed by atoms with Crippen LogP contribution < -0.4 is 0 Å². The Morgan fingerprint density at radius 2 is 1.74 bits per heavy atom. The van der Waals surface area contributed by atoms with Gasteiger partial charge in [0.2, 0.25) is 0 Å². The Kier molecular flexibility index (Phi) is 7.85. The molecule has 4 atom stereocenters. The number of hydrogen-bond acceptors (Lipinski definition) is 6. The summed E-state index contributed by atoms with van der Waals surface area (Å²) >= 11 is 12.6. The topological polar surface area (TPSA) is 89.7 Å². The molecule has 1 amide bonds. The van der Waals surface area contributed by atoms with Crippen LogP contribution in [0.2, 0.25) is 10.0 Å². The lowest BCUT2D eigenvalue weighted by molar-refractivity contribution is -0.179. The average Bonchev–Trinajstić information content (AvgIpc) is 3.59. The molecule has 208 valence electrons. The second-order valence-corrected chi connectivity index (χ2v) is 15.0. The van der Waals surface area contributed by atoms with Crippen molar-refractivity contribution in [2.45, 2.75) is 69.1 Å². The monoisotopic (exact) mass is 590 g/mol. The molecule has 2 aliphatic rings. The van der Waals surface area contributed by atoms with Crippen molar-refractivity contribution < 1.29 is 22.5 Å². The van der Waals surface area contributed by atoms with Gasteiger partial charge in [-0.05, 0) is 74.9 Å². The van der Waals surface area contributed by atoms with Crippen LogP contribution in [0.15, 0.2) is 65.3 Å². The van der Waals surface area contributed by atoms with Gasteiger partial charge in [0.1, 0.15) is 18.0 Å². The average molecular weight is 592 g/mol. The molecule has 2 aromatic carbocycles. The molecule has 1 aromatic heterocycles. The van der Waals surface area contributed by atoms with Gasteiger partial charge in [-0.3, -0.25) is 4.79 Å². The molecule has 0 radical (unpaired) electrons. The Hall–Kier alpha value is -2.39. The van der Waals surface area contributed by atoms with Crippen LogP contribution in [0.1, 0.15) is 62.6 Å². The number of carbonyl (C=O) groups is 1. The molecule has 4 unspecified atom stereocenters. The fraction of sp³-hybridized carbons (Fsp3) is 0.448. The zero-order valence-electron chi connectivity index (χ0n) is 22.1. The zero-order valence-corrected chi connectivity index (χ0v) is 24.4. The number of nitrogens with zero attached hydrogens (tertiary/aromatic N) is 2. The maximum atomic E-state index is 14.3. The van der Waals surface area contributed by atoms with E-state index in [0.29, 0.717) is 15.8 Å². The van der Waals surface area contributed by atoms with Gasteiger partial charge in [0.15, 0.2) is 9.84 Å². The summed E-state index contributed by atoms with van der Waals surface area (Å²) in [5, 5.41) is 4.87. The van der Waals surface area contributed by atoms with Crippen molar-refractivity contribution in [2.24, 2.45) is 5.92 Å². The third kappa shape index (κ3) is 6.04. The standard InChI is InChI=1S/C29H32Cl2N2O5S/c1-29(2,3)39(35,36)17-24(18-7-8-18)33-26(19-9-11-21(30)12-10-19)27(20-5-4-6-22(31)15-20)37-25(28(33)34)16-23-13-14-32-38-23/h4-6,9-15,18,24-27H,7-8,16-17H2,1-3H3. The van der Waals surface area contributed by atoms with Gasteiger partial charge in [-0.15, -0.1) is 0 Å². The number of rotatable bonds is 8. The molecule has 1 saturated carbocycles. The van der Waals surface area contributed by atoms with Gasteiger partial charge >= 0.3 is 0 Å². The van der Waals surface area contributed by atoms with E-state index in [2.05, 4.69) is 5.16 Å². The molecule has 39 heavy (non-hydrogen) atoms. The number of benzene rings is 2. The number of ether oxygens (including phenoxy) is 1. The van der Waals surface area contributed by atoms with Crippen LogP contribution in [0.5, 0.6) is 0 Å². The Morgan fingerprint density at radius 3 is 2.33 bits per heavy atom. The first-order valence-electron chi connectivity index (χ1n) is 13.0. The molecule has 0 spiro atoms. The van der Waals surface area contributed by atoms with Gasteiger partial charge in [-0.2, -0.15) is 0 Å². The number of aromatic nitrogens is 1. The highest BCUT2D eigenvalue weighted by Crippen LogP contribution is 2.48. The summed E-state index contributed by atoms with van der Waals surface area (Å²) in [6, 6.07) is 15.2. The van der Waals surface area contributed by atoms with Gasteiger partial charge < -0.3 is 14.2 Å². The Labute approximate surface area is 239 Å². The number of sulfone groups is 1. The quantitative estimate of drug-likeness (QED) is 0.309. The molecular weight excluding hydrogens is 559 g/mol. The smallest absolute Gasteiger partial charge is 0.253 e. The fourth-order valence-electron chi connectivity index (χ4n) is 5.13. The molecule has 0 N–H and O–H groups in total. The van der Waals surface area contributed by atoms with Crippen LogP contribution in [0, 0.1) is 5.92 Å². The maximum Gasteiger partial charge on any atom is 0.253 e. The Bertz CT molecular complexity index is 1420. The van der Waals surface area contributed by atoms with Gasteiger partial charge in [0.05, 0.1) is 22.7 Å². The first-order valence-corrected chi connectivity index (χ1v) is 15.5. The first kappa shape index (κ1) is 28.1. The van der Waals surface area contributed by atoms with Crippen LogP contribution in [0.3, 0.4) is 0 Å². The highest BCUT2D eigenvalue weighted by molar-refractivity contribution is 7.92. The lowest BCUT2D eigenvalue weighted by atomic mass is 9.89. The van der Waals surface area contributed by atoms with Crippen molar-refractivity contribution in [3.63, 3.8) is 0 Å². The predicted molar refractivity (Wildman–Crippen MR) is 150 cm³/mol. The maximum absolute atomic E-state index is 14.3. The van der Waals surface area contributed by atoms with E-state index in [9.17, 15) is 13.2 Å². The molecule has 2 fully saturated rings. The van der Waals surface area contributed by atoms with E-state index < -0.39 is 38.9 Å².